The van der Waals surface area contributed by atoms with Crippen LogP contribution in [0.5, 0.6) is 11.6 Å². The van der Waals surface area contributed by atoms with Crippen molar-refractivity contribution in [2.75, 3.05) is 32.2 Å². The van der Waals surface area contributed by atoms with Crippen LogP contribution in [-0.4, -0.2) is 59.2 Å². The maximum atomic E-state index is 13.3. The number of carbonyl (C=O) groups excluding carboxylic acids is 1. The number of aromatic nitrogens is 2. The lowest BCUT2D eigenvalue weighted by atomic mass is 9.86. The lowest BCUT2D eigenvalue weighted by molar-refractivity contribution is -0.149. The molecule has 0 bridgehead atoms. The molecule has 43 heavy (non-hydrogen) atoms. The van der Waals surface area contributed by atoms with Crippen LogP contribution in [0.1, 0.15) is 47.1 Å². The Bertz CT molecular complexity index is 1610. The summed E-state index contributed by atoms with van der Waals surface area (Å²) in [5.41, 5.74) is 5.91. The molecule has 0 aliphatic carbocycles. The first-order valence-electron chi connectivity index (χ1n) is 14.4. The average Bonchev–Trinajstić information content (AvgIpc) is 3.04. The first kappa shape index (κ1) is 28.2. The molecule has 1 N–H and O–H groups in total. The predicted molar refractivity (Wildman–Crippen MR) is 162 cm³/mol. The number of aryl methyl sites for hydroxylation is 1. The fourth-order valence-corrected chi connectivity index (χ4v) is 5.93. The maximum absolute atomic E-state index is 13.3. The quantitative estimate of drug-likeness (QED) is 0.254. The molecule has 1 unspecified atom stereocenters. The van der Waals surface area contributed by atoms with Gasteiger partial charge in [-0.2, -0.15) is 0 Å². The Balaban J connectivity index is 1.16. The molecule has 2 aromatic carbocycles. The Kier molecular flexibility index (Phi) is 7.96. The molecule has 4 heterocycles. The number of rotatable bonds is 10. The summed E-state index contributed by atoms with van der Waals surface area (Å²) in [6.07, 6.45) is 3.49. The number of β-lactam (4-membered cyclic amide) rings is 1. The van der Waals surface area contributed by atoms with Gasteiger partial charge in [0.1, 0.15) is 11.6 Å². The van der Waals surface area contributed by atoms with Crippen LogP contribution in [-0.2, 0) is 22.6 Å². The topological polar surface area (TPSA) is 105 Å². The molecule has 6 rings (SSSR count). The molecule has 2 aliphatic rings. The smallest absolute Gasteiger partial charge is 0.305 e. The number of hydrogen-bond acceptors (Lipinski definition) is 7. The third kappa shape index (κ3) is 5.88. The van der Waals surface area contributed by atoms with E-state index in [0.717, 1.165) is 54.3 Å². The van der Waals surface area contributed by atoms with Gasteiger partial charge >= 0.3 is 5.97 Å². The van der Waals surface area contributed by atoms with Crippen LogP contribution in [0.3, 0.4) is 0 Å². The van der Waals surface area contributed by atoms with Gasteiger partial charge in [-0.1, -0.05) is 48.5 Å². The van der Waals surface area contributed by atoms with Gasteiger partial charge in [-0.25, -0.2) is 9.97 Å². The molecule has 1 amide bonds. The molecule has 2 atom stereocenters. The number of benzene rings is 2. The van der Waals surface area contributed by atoms with Crippen LogP contribution in [0.4, 0.5) is 5.82 Å². The molecular formula is C34H34N4O5. The summed E-state index contributed by atoms with van der Waals surface area (Å²) in [6.45, 7) is 2.17. The number of fused-ring (bicyclic) bond motifs is 1. The van der Waals surface area contributed by atoms with Crippen molar-refractivity contribution in [3.05, 3.63) is 101 Å². The highest BCUT2D eigenvalue weighted by Gasteiger charge is 2.42. The van der Waals surface area contributed by atoms with Crippen LogP contribution in [0, 0.1) is 0 Å². The monoisotopic (exact) mass is 578 g/mol. The van der Waals surface area contributed by atoms with Gasteiger partial charge in [0.2, 0.25) is 11.8 Å². The van der Waals surface area contributed by atoms with Gasteiger partial charge in [0.25, 0.3) is 0 Å². The number of likely N-dealkylation sites (tertiary alicyclic amines) is 1. The van der Waals surface area contributed by atoms with Crippen molar-refractivity contribution in [3.63, 3.8) is 0 Å². The first-order chi connectivity index (χ1) is 20.9. The Morgan fingerprint density at radius 3 is 2.44 bits per heavy atom. The van der Waals surface area contributed by atoms with E-state index in [0.29, 0.717) is 18.0 Å². The predicted octanol–water partition coefficient (Wildman–Crippen LogP) is 5.26. The number of ether oxygens (including phenoxy) is 2. The highest BCUT2D eigenvalue weighted by molar-refractivity contribution is 5.90. The van der Waals surface area contributed by atoms with E-state index in [9.17, 15) is 14.7 Å². The zero-order valence-corrected chi connectivity index (χ0v) is 24.3. The highest BCUT2D eigenvalue weighted by atomic mass is 16.5. The lowest BCUT2D eigenvalue weighted by Gasteiger charge is -2.43. The lowest BCUT2D eigenvalue weighted by Crippen LogP contribution is -2.52. The average molecular weight is 579 g/mol. The summed E-state index contributed by atoms with van der Waals surface area (Å²) < 4.78 is 10.4. The number of methoxy groups -OCH3 is 2. The van der Waals surface area contributed by atoms with Crippen molar-refractivity contribution < 1.29 is 24.2 Å². The number of amides is 1. The second kappa shape index (κ2) is 12.1. The molecule has 4 aromatic rings. The summed E-state index contributed by atoms with van der Waals surface area (Å²) in [6, 6.07) is 23.2. The van der Waals surface area contributed by atoms with Gasteiger partial charge in [0, 0.05) is 37.5 Å². The van der Waals surface area contributed by atoms with E-state index >= 15 is 0 Å². The largest absolute Gasteiger partial charge is 0.497 e. The van der Waals surface area contributed by atoms with Crippen molar-refractivity contribution >= 4 is 17.7 Å². The SMILES string of the molecule is COc1ccc(CN2CCCc3ccc(-c4ccc(C5CN([C@@H](CC(=O)O)c6ccc(OC)nc6)C5=O)cc4)nc32)cc1. The van der Waals surface area contributed by atoms with Gasteiger partial charge in [-0.15, -0.1) is 0 Å². The van der Waals surface area contributed by atoms with Gasteiger partial charge in [0.15, 0.2) is 0 Å². The minimum atomic E-state index is -0.971. The standard InChI is InChI=1S/C34H34N4O5/c1-42-27-13-5-22(6-14-27)20-37-17-3-4-25-11-15-29(36-33(25)37)24-9-7-23(8-10-24)28-21-38(34(28)41)30(18-32(39)40)26-12-16-31(43-2)35-19-26/h5-16,19,28,30H,3-4,17-18,20-21H2,1-2H3,(H,39,40)/t28?,30-/m0/s1. The zero-order chi connectivity index (χ0) is 29.9. The second-order valence-corrected chi connectivity index (χ2v) is 11.0. The Hall–Kier alpha value is -4.92. The number of carboxylic acids is 1. The number of aliphatic carboxylic acids is 1. The van der Waals surface area contributed by atoms with E-state index in [1.165, 1.54) is 18.2 Å². The van der Waals surface area contributed by atoms with Crippen molar-refractivity contribution in [2.24, 2.45) is 0 Å². The van der Waals surface area contributed by atoms with E-state index in [1.54, 1.807) is 30.3 Å². The van der Waals surface area contributed by atoms with Crippen LogP contribution < -0.4 is 14.4 Å². The Morgan fingerprint density at radius 1 is 1.00 bits per heavy atom. The Labute approximate surface area is 250 Å². The van der Waals surface area contributed by atoms with E-state index in [2.05, 4.69) is 34.1 Å². The van der Waals surface area contributed by atoms with E-state index in [-0.39, 0.29) is 18.2 Å². The molecule has 1 saturated heterocycles. The highest BCUT2D eigenvalue weighted by Crippen LogP contribution is 2.38. The van der Waals surface area contributed by atoms with E-state index in [1.807, 2.05) is 36.4 Å². The van der Waals surface area contributed by atoms with Crippen LogP contribution in [0.15, 0.2) is 79.0 Å². The van der Waals surface area contributed by atoms with Crippen LogP contribution in [0.2, 0.25) is 0 Å². The number of carbonyl (C=O) groups is 2. The summed E-state index contributed by atoms with van der Waals surface area (Å²) >= 11 is 0. The van der Waals surface area contributed by atoms with Crippen LogP contribution >= 0.6 is 0 Å². The number of anilines is 1. The van der Waals surface area contributed by atoms with Gasteiger partial charge < -0.3 is 24.4 Å². The Morgan fingerprint density at radius 2 is 1.79 bits per heavy atom. The van der Waals surface area contributed by atoms with Gasteiger partial charge in [-0.05, 0) is 53.3 Å². The number of hydrogen-bond donors (Lipinski definition) is 1. The fourth-order valence-electron chi connectivity index (χ4n) is 5.93. The minimum Gasteiger partial charge on any atom is -0.497 e. The molecular weight excluding hydrogens is 544 g/mol. The van der Waals surface area contributed by atoms with Crippen molar-refractivity contribution in [1.29, 1.82) is 0 Å². The summed E-state index contributed by atoms with van der Waals surface area (Å²) in [7, 11) is 3.19. The molecule has 9 nitrogen and oxygen atoms in total. The van der Waals surface area contributed by atoms with Gasteiger partial charge in [-0.3, -0.25) is 9.59 Å². The molecule has 2 aliphatic heterocycles. The zero-order valence-electron chi connectivity index (χ0n) is 24.3. The number of carboxylic acid groups (broad SMARTS) is 1. The van der Waals surface area contributed by atoms with E-state index < -0.39 is 12.0 Å². The van der Waals surface area contributed by atoms with Crippen molar-refractivity contribution in [2.45, 2.75) is 37.8 Å². The molecule has 0 radical (unpaired) electrons. The molecule has 0 spiro atoms. The van der Waals surface area contributed by atoms with E-state index in [4.69, 9.17) is 14.5 Å². The van der Waals surface area contributed by atoms with Gasteiger partial charge in [0.05, 0.1) is 38.3 Å². The summed E-state index contributed by atoms with van der Waals surface area (Å²) in [5, 5.41) is 9.51. The fraction of sp³-hybridized carbons (Fsp3) is 0.294. The molecule has 1 fully saturated rings. The number of nitrogens with zero attached hydrogens (tertiary/aromatic N) is 4. The normalized spacial score (nSPS) is 16.7. The van der Waals surface area contributed by atoms with Crippen molar-refractivity contribution in [1.82, 2.24) is 14.9 Å². The maximum Gasteiger partial charge on any atom is 0.305 e. The summed E-state index contributed by atoms with van der Waals surface area (Å²) in [4.78, 5) is 38.1. The third-order valence-electron chi connectivity index (χ3n) is 8.33. The molecule has 2 aromatic heterocycles. The second-order valence-electron chi connectivity index (χ2n) is 11.0. The summed E-state index contributed by atoms with van der Waals surface area (Å²) in [5.74, 6) is 0.929. The molecule has 220 valence electrons. The minimum absolute atomic E-state index is 0.0871. The molecule has 9 heteroatoms. The van der Waals surface area contributed by atoms with Crippen molar-refractivity contribution in [3.8, 4) is 22.9 Å². The van der Waals surface area contributed by atoms with Crippen LogP contribution in [0.25, 0.3) is 11.3 Å². The molecule has 0 saturated carbocycles. The number of pyridine rings is 2. The third-order valence-corrected chi connectivity index (χ3v) is 8.33. The first-order valence-corrected chi connectivity index (χ1v) is 14.4.